The van der Waals surface area contributed by atoms with Crippen molar-refractivity contribution in [2.75, 3.05) is 6.61 Å². The van der Waals surface area contributed by atoms with Gasteiger partial charge >= 0.3 is 0 Å². The monoisotopic (exact) mass is 223 g/mol. The number of nitrogens with one attached hydrogen (secondary N) is 1. The predicted molar refractivity (Wildman–Crippen MR) is 65.6 cm³/mol. The van der Waals surface area contributed by atoms with Crippen molar-refractivity contribution in [3.05, 3.63) is 29.8 Å². The van der Waals surface area contributed by atoms with Crippen LogP contribution in [-0.4, -0.2) is 24.0 Å². The maximum absolute atomic E-state index is 8.96. The van der Waals surface area contributed by atoms with Gasteiger partial charge in [0.05, 0.1) is 0 Å². The number of aryl methyl sites for hydroxylation is 1. The van der Waals surface area contributed by atoms with E-state index in [1.807, 2.05) is 31.2 Å². The fraction of sp³-hybridized carbons (Fsp3) is 0.538. The Morgan fingerprint density at radius 2 is 2.12 bits per heavy atom. The minimum Gasteiger partial charge on any atom is -0.475 e. The molecule has 0 heterocycles. The zero-order valence-electron chi connectivity index (χ0n) is 10.2. The maximum Gasteiger partial charge on any atom is 0.152 e. The van der Waals surface area contributed by atoms with Crippen molar-refractivity contribution in [3.63, 3.8) is 0 Å². The molecule has 0 fully saturated rings. The smallest absolute Gasteiger partial charge is 0.152 e. The van der Waals surface area contributed by atoms with Crippen LogP contribution < -0.4 is 10.1 Å². The topological polar surface area (TPSA) is 41.5 Å². The van der Waals surface area contributed by atoms with E-state index in [2.05, 4.69) is 19.2 Å². The summed E-state index contributed by atoms with van der Waals surface area (Å²) in [6, 6.07) is 8.26. The molecule has 1 aromatic rings. The fourth-order valence-electron chi connectivity index (χ4n) is 1.52. The quantitative estimate of drug-likeness (QED) is 0.725. The second-order valence-corrected chi connectivity index (χ2v) is 4.26. The molecule has 90 valence electrons. The summed E-state index contributed by atoms with van der Waals surface area (Å²) in [6.07, 6.45) is 0.457. The van der Waals surface area contributed by atoms with E-state index in [4.69, 9.17) is 9.84 Å². The van der Waals surface area contributed by atoms with E-state index in [1.165, 1.54) is 5.56 Å². The molecule has 0 aliphatic carbocycles. The third kappa shape index (κ3) is 4.64. The van der Waals surface area contributed by atoms with Crippen LogP contribution in [0.2, 0.25) is 0 Å². The van der Waals surface area contributed by atoms with Gasteiger partial charge in [0, 0.05) is 19.1 Å². The second kappa shape index (κ2) is 6.51. The van der Waals surface area contributed by atoms with Crippen LogP contribution >= 0.6 is 0 Å². The molecule has 0 spiro atoms. The molecule has 0 amide bonds. The molecular formula is C13H21NO2. The molecule has 0 aliphatic heterocycles. The Kier molecular flexibility index (Phi) is 5.29. The van der Waals surface area contributed by atoms with Crippen LogP contribution in [0.15, 0.2) is 24.3 Å². The van der Waals surface area contributed by atoms with Gasteiger partial charge in [0.15, 0.2) is 6.23 Å². The normalized spacial score (nSPS) is 12.8. The van der Waals surface area contributed by atoms with Gasteiger partial charge in [-0.05, 0) is 38.5 Å². The van der Waals surface area contributed by atoms with Gasteiger partial charge in [-0.15, -0.1) is 0 Å². The third-order valence-corrected chi connectivity index (χ3v) is 2.18. The van der Waals surface area contributed by atoms with E-state index in [9.17, 15) is 0 Å². The van der Waals surface area contributed by atoms with Crippen molar-refractivity contribution in [1.82, 2.24) is 5.32 Å². The Morgan fingerprint density at radius 3 is 2.69 bits per heavy atom. The lowest BCUT2D eigenvalue weighted by molar-refractivity contribution is 0.117. The lowest BCUT2D eigenvalue weighted by atomic mass is 10.2. The Balaban J connectivity index is 2.60. The highest BCUT2D eigenvalue weighted by molar-refractivity contribution is 5.27. The first kappa shape index (κ1) is 13.0. The van der Waals surface area contributed by atoms with Gasteiger partial charge in [0.2, 0.25) is 0 Å². The van der Waals surface area contributed by atoms with E-state index < -0.39 is 0 Å². The van der Waals surface area contributed by atoms with Gasteiger partial charge in [-0.2, -0.15) is 0 Å². The van der Waals surface area contributed by atoms with Gasteiger partial charge in [0.25, 0.3) is 0 Å². The molecule has 1 atom stereocenters. The van der Waals surface area contributed by atoms with Crippen molar-refractivity contribution < 1.29 is 9.84 Å². The zero-order chi connectivity index (χ0) is 12.0. The molecular weight excluding hydrogens is 202 g/mol. The van der Waals surface area contributed by atoms with Gasteiger partial charge in [0.1, 0.15) is 5.75 Å². The molecule has 3 nitrogen and oxygen atoms in total. The highest BCUT2D eigenvalue weighted by atomic mass is 16.5. The standard InChI is InChI=1S/C13H21NO2/c1-10(2)14-13(7-8-15)16-12-6-4-5-11(3)9-12/h4-6,9-10,13-15H,7-8H2,1-3H3. The molecule has 1 aromatic carbocycles. The molecule has 3 heteroatoms. The Morgan fingerprint density at radius 1 is 1.38 bits per heavy atom. The SMILES string of the molecule is Cc1cccc(OC(CCO)NC(C)C)c1. The molecule has 0 saturated carbocycles. The number of hydrogen-bond donors (Lipinski definition) is 2. The number of ether oxygens (including phenoxy) is 1. The number of benzene rings is 1. The highest BCUT2D eigenvalue weighted by Gasteiger charge is 2.10. The minimum absolute atomic E-state index is 0.121. The lowest BCUT2D eigenvalue weighted by Gasteiger charge is -2.22. The van der Waals surface area contributed by atoms with Crippen LogP contribution in [0.1, 0.15) is 25.8 Å². The van der Waals surface area contributed by atoms with Crippen LogP contribution in [0.25, 0.3) is 0 Å². The van der Waals surface area contributed by atoms with E-state index in [-0.39, 0.29) is 12.8 Å². The molecule has 1 rings (SSSR count). The van der Waals surface area contributed by atoms with E-state index in [0.29, 0.717) is 12.5 Å². The Hall–Kier alpha value is -1.06. The van der Waals surface area contributed by atoms with Crippen LogP contribution in [0.4, 0.5) is 0 Å². The summed E-state index contributed by atoms with van der Waals surface area (Å²) >= 11 is 0. The summed E-state index contributed by atoms with van der Waals surface area (Å²) in [5.41, 5.74) is 1.17. The Labute approximate surface area is 97.4 Å². The first-order chi connectivity index (χ1) is 7.61. The summed E-state index contributed by atoms with van der Waals surface area (Å²) in [4.78, 5) is 0. The summed E-state index contributed by atoms with van der Waals surface area (Å²) in [6.45, 7) is 6.27. The first-order valence-electron chi connectivity index (χ1n) is 5.72. The van der Waals surface area contributed by atoms with E-state index in [0.717, 1.165) is 5.75 Å². The molecule has 0 bridgehead atoms. The molecule has 0 radical (unpaired) electrons. The zero-order valence-corrected chi connectivity index (χ0v) is 10.2. The first-order valence-corrected chi connectivity index (χ1v) is 5.72. The molecule has 0 aliphatic rings. The summed E-state index contributed by atoms with van der Waals surface area (Å²) in [5, 5.41) is 12.2. The Bertz CT molecular complexity index is 313. The van der Waals surface area contributed by atoms with Gasteiger partial charge < -0.3 is 9.84 Å². The van der Waals surface area contributed by atoms with Crippen molar-refractivity contribution in [2.45, 2.75) is 39.5 Å². The lowest BCUT2D eigenvalue weighted by Crippen LogP contribution is -2.39. The number of aliphatic hydroxyl groups excluding tert-OH is 1. The summed E-state index contributed by atoms with van der Waals surface area (Å²) in [7, 11) is 0. The molecule has 0 aromatic heterocycles. The van der Waals surface area contributed by atoms with Crippen molar-refractivity contribution >= 4 is 0 Å². The highest BCUT2D eigenvalue weighted by Crippen LogP contribution is 2.14. The van der Waals surface area contributed by atoms with Crippen molar-refractivity contribution in [2.24, 2.45) is 0 Å². The van der Waals surface area contributed by atoms with Crippen molar-refractivity contribution in [3.8, 4) is 5.75 Å². The maximum atomic E-state index is 8.96. The molecule has 16 heavy (non-hydrogen) atoms. The second-order valence-electron chi connectivity index (χ2n) is 4.26. The van der Waals surface area contributed by atoms with Crippen LogP contribution in [-0.2, 0) is 0 Å². The van der Waals surface area contributed by atoms with E-state index in [1.54, 1.807) is 0 Å². The third-order valence-electron chi connectivity index (χ3n) is 2.18. The van der Waals surface area contributed by atoms with E-state index >= 15 is 0 Å². The van der Waals surface area contributed by atoms with Crippen LogP contribution in [0.5, 0.6) is 5.75 Å². The minimum atomic E-state index is -0.133. The molecule has 0 saturated heterocycles. The number of aliphatic hydroxyl groups is 1. The average molecular weight is 223 g/mol. The molecule has 1 unspecified atom stereocenters. The number of rotatable bonds is 6. The molecule has 2 N–H and O–H groups in total. The largest absolute Gasteiger partial charge is 0.475 e. The van der Waals surface area contributed by atoms with Crippen molar-refractivity contribution in [1.29, 1.82) is 0 Å². The summed E-state index contributed by atoms with van der Waals surface area (Å²) in [5.74, 6) is 0.839. The van der Waals surface area contributed by atoms with Gasteiger partial charge in [-0.1, -0.05) is 12.1 Å². The predicted octanol–water partition coefficient (Wildman–Crippen LogP) is 2.08. The summed E-state index contributed by atoms with van der Waals surface area (Å²) < 4.78 is 5.78. The van der Waals surface area contributed by atoms with Gasteiger partial charge in [-0.25, -0.2) is 0 Å². The average Bonchev–Trinajstić information content (AvgIpc) is 2.16. The number of hydrogen-bond acceptors (Lipinski definition) is 3. The fourth-order valence-corrected chi connectivity index (χ4v) is 1.52. The van der Waals surface area contributed by atoms with Crippen LogP contribution in [0.3, 0.4) is 0 Å². The van der Waals surface area contributed by atoms with Crippen LogP contribution in [0, 0.1) is 6.92 Å². The van der Waals surface area contributed by atoms with Gasteiger partial charge in [-0.3, -0.25) is 5.32 Å².